The van der Waals surface area contributed by atoms with E-state index >= 15 is 0 Å². The topological polar surface area (TPSA) is 35.9 Å². The van der Waals surface area contributed by atoms with Gasteiger partial charge in [-0.1, -0.05) is 78.7 Å². The van der Waals surface area contributed by atoms with Crippen molar-refractivity contribution < 1.29 is 0 Å². The van der Waals surface area contributed by atoms with Crippen LogP contribution in [-0.4, -0.2) is 40.5 Å². The Morgan fingerprint density at radius 3 is 1.64 bits per heavy atom. The van der Waals surface area contributed by atoms with E-state index < -0.39 is 5.54 Å². The normalized spacial score (nSPS) is 25.6. The molecule has 0 N–H and O–H groups in total. The second-order valence-corrected chi connectivity index (χ2v) is 8.79. The molecule has 1 saturated heterocycles. The van der Waals surface area contributed by atoms with Crippen molar-refractivity contribution in [3.63, 3.8) is 0 Å². The van der Waals surface area contributed by atoms with E-state index in [4.69, 9.17) is 0 Å². The third-order valence-corrected chi connectivity index (χ3v) is 6.40. The lowest BCUT2D eigenvalue weighted by atomic mass is 9.88. The number of nitroso groups, excluding NO2 is 1. The van der Waals surface area contributed by atoms with Gasteiger partial charge in [-0.3, -0.25) is 9.80 Å². The van der Waals surface area contributed by atoms with Crippen LogP contribution < -0.4 is 0 Å². The van der Waals surface area contributed by atoms with Gasteiger partial charge in [-0.15, -0.1) is 0 Å². The van der Waals surface area contributed by atoms with E-state index in [1.807, 2.05) is 6.92 Å². The highest BCUT2D eigenvalue weighted by Crippen LogP contribution is 2.35. The molecule has 0 radical (unpaired) electrons. The average Bonchev–Trinajstić information content (AvgIpc) is 2.85. The molecule has 0 bridgehead atoms. The van der Waals surface area contributed by atoms with Gasteiger partial charge in [-0.25, -0.2) is 0 Å². The average molecular weight is 378 g/mol. The number of nitrogens with zero attached hydrogens (tertiary/aromatic N) is 3. The quantitative estimate of drug-likeness (QED) is 0.700. The zero-order valence-corrected chi connectivity index (χ0v) is 16.8. The van der Waals surface area contributed by atoms with Crippen LogP contribution in [0.5, 0.6) is 0 Å². The van der Waals surface area contributed by atoms with Crippen molar-refractivity contribution in [1.29, 1.82) is 0 Å². The summed E-state index contributed by atoms with van der Waals surface area (Å²) < 4.78 is 0. The number of rotatable bonds is 5. The molecule has 28 heavy (non-hydrogen) atoms. The van der Waals surface area contributed by atoms with Crippen LogP contribution in [0.25, 0.3) is 0 Å². The first kappa shape index (κ1) is 19.3. The highest BCUT2D eigenvalue weighted by molar-refractivity contribution is 5.17. The van der Waals surface area contributed by atoms with E-state index in [0.29, 0.717) is 12.1 Å². The molecule has 1 aliphatic heterocycles. The molecule has 0 unspecified atom stereocenters. The summed E-state index contributed by atoms with van der Waals surface area (Å²) in [6.45, 7) is 5.29. The molecule has 4 rings (SSSR count). The second-order valence-electron chi connectivity index (χ2n) is 8.79. The summed E-state index contributed by atoms with van der Waals surface area (Å²) >= 11 is 0. The van der Waals surface area contributed by atoms with Gasteiger partial charge in [0.25, 0.3) is 0 Å². The lowest BCUT2D eigenvalue weighted by Crippen LogP contribution is -2.50. The zero-order chi connectivity index (χ0) is 19.4. The largest absolute Gasteiger partial charge is 0.292 e. The summed E-state index contributed by atoms with van der Waals surface area (Å²) in [4.78, 5) is 17.0. The van der Waals surface area contributed by atoms with Crippen LogP contribution in [-0.2, 0) is 13.1 Å². The molecule has 4 nitrogen and oxygen atoms in total. The van der Waals surface area contributed by atoms with Crippen molar-refractivity contribution in [1.82, 2.24) is 9.80 Å². The molecule has 2 fully saturated rings. The Labute approximate surface area is 168 Å². The molecule has 1 heterocycles. The van der Waals surface area contributed by atoms with Crippen LogP contribution in [0.1, 0.15) is 43.7 Å². The molecule has 148 valence electrons. The highest BCUT2D eigenvalue weighted by Gasteiger charge is 2.44. The van der Waals surface area contributed by atoms with Crippen molar-refractivity contribution in [2.45, 2.75) is 63.3 Å². The van der Waals surface area contributed by atoms with Gasteiger partial charge in [0.15, 0.2) is 0 Å². The summed E-state index contributed by atoms with van der Waals surface area (Å²) in [6, 6.07) is 22.3. The molecule has 0 spiro atoms. The van der Waals surface area contributed by atoms with Gasteiger partial charge in [0.05, 0.1) is 0 Å². The molecule has 1 aliphatic carbocycles. The minimum atomic E-state index is -0.582. The Morgan fingerprint density at radius 1 is 0.821 bits per heavy atom. The Morgan fingerprint density at radius 2 is 1.25 bits per heavy atom. The molecule has 2 aromatic rings. The summed E-state index contributed by atoms with van der Waals surface area (Å²) in [5, 5.41) is 3.65. The van der Waals surface area contributed by atoms with Gasteiger partial charge in [0, 0.05) is 38.3 Å². The van der Waals surface area contributed by atoms with Crippen LogP contribution in [0.2, 0.25) is 0 Å². The predicted molar refractivity (Wildman–Crippen MR) is 114 cm³/mol. The summed E-state index contributed by atoms with van der Waals surface area (Å²) in [6.07, 6.45) is 4.96. The Hall–Kier alpha value is -2.04. The van der Waals surface area contributed by atoms with E-state index in [1.165, 1.54) is 36.8 Å². The fourth-order valence-electron chi connectivity index (χ4n) is 5.14. The van der Waals surface area contributed by atoms with E-state index in [9.17, 15) is 4.91 Å². The number of benzene rings is 2. The second kappa shape index (κ2) is 8.54. The van der Waals surface area contributed by atoms with E-state index in [2.05, 4.69) is 75.6 Å². The first-order valence-corrected chi connectivity index (χ1v) is 10.6. The van der Waals surface area contributed by atoms with Crippen LogP contribution >= 0.6 is 0 Å². The number of hydrogen-bond acceptors (Lipinski definition) is 4. The summed E-state index contributed by atoms with van der Waals surface area (Å²) in [7, 11) is 0. The van der Waals surface area contributed by atoms with Crippen molar-refractivity contribution in [2.24, 2.45) is 5.18 Å². The third kappa shape index (κ3) is 4.34. The molecule has 0 amide bonds. The van der Waals surface area contributed by atoms with Crippen LogP contribution in [0.15, 0.2) is 65.8 Å². The van der Waals surface area contributed by atoms with Gasteiger partial charge in [0.2, 0.25) is 0 Å². The van der Waals surface area contributed by atoms with Crippen molar-refractivity contribution >= 4 is 0 Å². The van der Waals surface area contributed by atoms with E-state index in [1.54, 1.807) is 0 Å². The Bertz CT molecular complexity index is 704. The molecular formula is C24H31N3O. The smallest absolute Gasteiger partial charge is 0.125 e. The van der Waals surface area contributed by atoms with Crippen LogP contribution in [0, 0.1) is 4.91 Å². The predicted octanol–water partition coefficient (Wildman–Crippen LogP) is 4.84. The van der Waals surface area contributed by atoms with Crippen molar-refractivity contribution in [2.75, 3.05) is 13.1 Å². The highest BCUT2D eigenvalue weighted by atomic mass is 16.3. The molecule has 2 aliphatic rings. The zero-order valence-electron chi connectivity index (χ0n) is 16.8. The van der Waals surface area contributed by atoms with Crippen LogP contribution in [0.4, 0.5) is 0 Å². The van der Waals surface area contributed by atoms with Gasteiger partial charge < -0.3 is 0 Å². The van der Waals surface area contributed by atoms with E-state index in [0.717, 1.165) is 26.2 Å². The number of hydrogen-bond donors (Lipinski definition) is 0. The third-order valence-electron chi connectivity index (χ3n) is 6.40. The lowest BCUT2D eigenvalue weighted by Gasteiger charge is -2.42. The van der Waals surface area contributed by atoms with Gasteiger partial charge in [-0.05, 0) is 30.9 Å². The maximum atomic E-state index is 11.9. The van der Waals surface area contributed by atoms with Gasteiger partial charge in [-0.2, -0.15) is 4.91 Å². The molecule has 1 saturated carbocycles. The van der Waals surface area contributed by atoms with Gasteiger partial charge >= 0.3 is 0 Å². The lowest BCUT2D eigenvalue weighted by molar-refractivity contribution is 0.0693. The first-order valence-electron chi connectivity index (χ1n) is 10.6. The minimum absolute atomic E-state index is 0.487. The monoisotopic (exact) mass is 377 g/mol. The summed E-state index contributed by atoms with van der Waals surface area (Å²) in [5.41, 5.74) is 2.05. The minimum Gasteiger partial charge on any atom is -0.292 e. The maximum absolute atomic E-state index is 11.9. The fraction of sp³-hybridized carbons (Fsp3) is 0.500. The SMILES string of the molecule is CC1(N=O)CN(Cc2ccccc2)[C@@H]2CCCC[C@H]2N(Cc2ccccc2)C1. The summed E-state index contributed by atoms with van der Waals surface area (Å²) in [5.74, 6) is 0. The standard InChI is InChI=1S/C24H31N3O/c1-24(25-28)18-26(16-20-10-4-2-5-11-20)22-14-8-9-15-23(22)27(19-24)17-21-12-6-3-7-13-21/h2-7,10-13,22-23H,8-9,14-19H2,1H3/t22-,23-/m1/s1. The molecular weight excluding hydrogens is 346 g/mol. The molecule has 0 aromatic heterocycles. The van der Waals surface area contributed by atoms with Gasteiger partial charge in [0.1, 0.15) is 5.54 Å². The first-order chi connectivity index (χ1) is 13.7. The molecule has 2 aromatic carbocycles. The number of fused-ring (bicyclic) bond motifs is 1. The Balaban J connectivity index is 1.63. The van der Waals surface area contributed by atoms with Crippen molar-refractivity contribution in [3.05, 3.63) is 76.7 Å². The maximum Gasteiger partial charge on any atom is 0.125 e. The molecule has 4 heteroatoms. The fourth-order valence-corrected chi connectivity index (χ4v) is 5.14. The molecule has 2 atom stereocenters. The Kier molecular flexibility index (Phi) is 5.88. The van der Waals surface area contributed by atoms with E-state index in [-0.39, 0.29) is 0 Å². The van der Waals surface area contributed by atoms with Crippen LogP contribution in [0.3, 0.4) is 0 Å². The van der Waals surface area contributed by atoms with Crippen molar-refractivity contribution in [3.8, 4) is 0 Å².